The van der Waals surface area contributed by atoms with Gasteiger partial charge in [0.15, 0.2) is 0 Å². The molecule has 1 rings (SSSR count). The van der Waals surface area contributed by atoms with Gasteiger partial charge in [-0.05, 0) is 19.8 Å². The van der Waals surface area contributed by atoms with E-state index in [1.165, 1.54) is 0 Å². The molecule has 1 saturated heterocycles. The fraction of sp³-hybridized carbons (Fsp3) is 0.667. The third-order valence-corrected chi connectivity index (χ3v) is 2.21. The zero-order valence-corrected chi connectivity index (χ0v) is 7.42. The number of hydrogen-bond acceptors (Lipinski definition) is 2. The van der Waals surface area contributed by atoms with Gasteiger partial charge in [-0.3, -0.25) is 4.79 Å². The first-order valence-electron chi connectivity index (χ1n) is 4.24. The molecule has 1 N–H and O–H groups in total. The van der Waals surface area contributed by atoms with Crippen molar-refractivity contribution < 1.29 is 9.90 Å². The molecule has 1 atom stereocenters. The van der Waals surface area contributed by atoms with E-state index in [-0.39, 0.29) is 18.6 Å². The molecule has 1 unspecified atom stereocenters. The summed E-state index contributed by atoms with van der Waals surface area (Å²) in [5, 5.41) is 8.94. The van der Waals surface area contributed by atoms with Crippen molar-refractivity contribution in [2.24, 2.45) is 0 Å². The highest BCUT2D eigenvalue weighted by molar-refractivity contribution is 5.92. The summed E-state index contributed by atoms with van der Waals surface area (Å²) in [7, 11) is 0. The minimum Gasteiger partial charge on any atom is -0.394 e. The average molecular weight is 169 g/mol. The van der Waals surface area contributed by atoms with E-state index >= 15 is 0 Å². The van der Waals surface area contributed by atoms with Crippen molar-refractivity contribution in [3.63, 3.8) is 0 Å². The molecule has 0 spiro atoms. The number of rotatable bonds is 2. The Labute approximate surface area is 72.7 Å². The van der Waals surface area contributed by atoms with E-state index in [1.807, 2.05) is 0 Å². The molecule has 3 heteroatoms. The van der Waals surface area contributed by atoms with Gasteiger partial charge in [0.05, 0.1) is 12.6 Å². The van der Waals surface area contributed by atoms with Gasteiger partial charge < -0.3 is 10.0 Å². The summed E-state index contributed by atoms with van der Waals surface area (Å²) in [6.45, 7) is 6.13. The number of aliphatic hydroxyl groups excluding tert-OH is 1. The molecular formula is C9H15NO2. The van der Waals surface area contributed by atoms with Crippen LogP contribution in [-0.2, 0) is 4.79 Å². The molecule has 0 aromatic carbocycles. The summed E-state index contributed by atoms with van der Waals surface area (Å²) < 4.78 is 0. The SMILES string of the molecule is C=C(C)C(=O)N1CCCC1CO. The smallest absolute Gasteiger partial charge is 0.249 e. The molecule has 1 fully saturated rings. The van der Waals surface area contributed by atoms with Crippen molar-refractivity contribution in [3.05, 3.63) is 12.2 Å². The van der Waals surface area contributed by atoms with E-state index in [2.05, 4.69) is 6.58 Å². The van der Waals surface area contributed by atoms with Crippen molar-refractivity contribution in [3.8, 4) is 0 Å². The fourth-order valence-electron chi connectivity index (χ4n) is 1.54. The maximum absolute atomic E-state index is 11.4. The van der Waals surface area contributed by atoms with Crippen LogP contribution in [0.25, 0.3) is 0 Å². The number of amides is 1. The highest BCUT2D eigenvalue weighted by Crippen LogP contribution is 2.18. The van der Waals surface area contributed by atoms with Gasteiger partial charge in [0.1, 0.15) is 0 Å². The Morgan fingerprint density at radius 1 is 1.75 bits per heavy atom. The van der Waals surface area contributed by atoms with Crippen LogP contribution in [-0.4, -0.2) is 35.1 Å². The Bertz CT molecular complexity index is 201. The number of nitrogens with zero attached hydrogens (tertiary/aromatic N) is 1. The van der Waals surface area contributed by atoms with Crippen molar-refractivity contribution in [1.29, 1.82) is 0 Å². The lowest BCUT2D eigenvalue weighted by molar-refractivity contribution is -0.128. The number of carbonyl (C=O) groups is 1. The van der Waals surface area contributed by atoms with Gasteiger partial charge in [-0.15, -0.1) is 0 Å². The lowest BCUT2D eigenvalue weighted by Crippen LogP contribution is -2.37. The monoisotopic (exact) mass is 169 g/mol. The molecule has 12 heavy (non-hydrogen) atoms. The second-order valence-corrected chi connectivity index (χ2v) is 3.26. The van der Waals surface area contributed by atoms with Gasteiger partial charge in [-0.25, -0.2) is 0 Å². The van der Waals surface area contributed by atoms with E-state index in [9.17, 15) is 4.79 Å². The standard InChI is InChI=1S/C9H15NO2/c1-7(2)9(12)10-5-3-4-8(10)6-11/h8,11H,1,3-6H2,2H3. The van der Waals surface area contributed by atoms with Crippen LogP contribution in [0.15, 0.2) is 12.2 Å². The third kappa shape index (κ3) is 1.67. The molecule has 3 nitrogen and oxygen atoms in total. The van der Waals surface area contributed by atoms with Gasteiger partial charge in [0.25, 0.3) is 0 Å². The largest absolute Gasteiger partial charge is 0.394 e. The molecule has 0 radical (unpaired) electrons. The zero-order chi connectivity index (χ0) is 9.14. The number of hydrogen-bond donors (Lipinski definition) is 1. The lowest BCUT2D eigenvalue weighted by Gasteiger charge is -2.22. The molecule has 0 aromatic rings. The molecule has 0 bridgehead atoms. The third-order valence-electron chi connectivity index (χ3n) is 2.21. The molecule has 0 saturated carbocycles. The quantitative estimate of drug-likeness (QED) is 0.613. The summed E-state index contributed by atoms with van der Waals surface area (Å²) in [6, 6.07) is 0.0224. The van der Waals surface area contributed by atoms with Gasteiger partial charge in [0.2, 0.25) is 5.91 Å². The molecular weight excluding hydrogens is 154 g/mol. The number of aliphatic hydroxyl groups is 1. The maximum atomic E-state index is 11.4. The lowest BCUT2D eigenvalue weighted by atomic mass is 10.2. The summed E-state index contributed by atoms with van der Waals surface area (Å²) in [4.78, 5) is 13.1. The van der Waals surface area contributed by atoms with Crippen molar-refractivity contribution in [2.75, 3.05) is 13.2 Å². The zero-order valence-electron chi connectivity index (χ0n) is 7.42. The van der Waals surface area contributed by atoms with E-state index < -0.39 is 0 Å². The molecule has 1 aliphatic heterocycles. The normalized spacial score (nSPS) is 22.8. The van der Waals surface area contributed by atoms with Gasteiger partial charge in [-0.2, -0.15) is 0 Å². The first-order valence-corrected chi connectivity index (χ1v) is 4.24. The summed E-state index contributed by atoms with van der Waals surface area (Å²) in [5.74, 6) is -0.0217. The van der Waals surface area contributed by atoms with Crippen LogP contribution in [0.3, 0.4) is 0 Å². The molecule has 0 aliphatic carbocycles. The highest BCUT2D eigenvalue weighted by atomic mass is 16.3. The molecule has 1 heterocycles. The first-order chi connectivity index (χ1) is 5.66. The summed E-state index contributed by atoms with van der Waals surface area (Å²) in [5.41, 5.74) is 0.551. The van der Waals surface area contributed by atoms with Crippen LogP contribution < -0.4 is 0 Å². The summed E-state index contributed by atoms with van der Waals surface area (Å²) in [6.07, 6.45) is 1.90. The Hall–Kier alpha value is -0.830. The van der Waals surface area contributed by atoms with Crippen LogP contribution >= 0.6 is 0 Å². The van der Waals surface area contributed by atoms with Crippen LogP contribution in [0.5, 0.6) is 0 Å². The second kappa shape index (κ2) is 3.72. The van der Waals surface area contributed by atoms with Crippen LogP contribution in [0, 0.1) is 0 Å². The fourth-order valence-corrected chi connectivity index (χ4v) is 1.54. The van der Waals surface area contributed by atoms with Crippen LogP contribution in [0.2, 0.25) is 0 Å². The Morgan fingerprint density at radius 3 is 2.92 bits per heavy atom. The topological polar surface area (TPSA) is 40.5 Å². The summed E-state index contributed by atoms with van der Waals surface area (Å²) >= 11 is 0. The van der Waals surface area contributed by atoms with Gasteiger partial charge in [-0.1, -0.05) is 6.58 Å². The van der Waals surface area contributed by atoms with Crippen LogP contribution in [0.1, 0.15) is 19.8 Å². The van der Waals surface area contributed by atoms with E-state index in [0.717, 1.165) is 19.4 Å². The maximum Gasteiger partial charge on any atom is 0.249 e. The number of carbonyl (C=O) groups excluding carboxylic acids is 1. The van der Waals surface area contributed by atoms with E-state index in [4.69, 9.17) is 5.11 Å². The van der Waals surface area contributed by atoms with E-state index in [0.29, 0.717) is 5.57 Å². The molecule has 1 amide bonds. The minimum atomic E-state index is -0.0217. The molecule has 1 aliphatic rings. The number of likely N-dealkylation sites (tertiary alicyclic amines) is 1. The highest BCUT2D eigenvalue weighted by Gasteiger charge is 2.27. The van der Waals surface area contributed by atoms with Crippen molar-refractivity contribution in [1.82, 2.24) is 4.90 Å². The Balaban J connectivity index is 2.61. The van der Waals surface area contributed by atoms with Gasteiger partial charge in [0, 0.05) is 12.1 Å². The van der Waals surface area contributed by atoms with Gasteiger partial charge >= 0.3 is 0 Å². The van der Waals surface area contributed by atoms with E-state index in [1.54, 1.807) is 11.8 Å². The van der Waals surface area contributed by atoms with Crippen molar-refractivity contribution >= 4 is 5.91 Å². The predicted octanol–water partition coefficient (Wildman–Crippen LogP) is 0.546. The molecule has 68 valence electrons. The minimum absolute atomic E-state index is 0.0217. The second-order valence-electron chi connectivity index (χ2n) is 3.26. The van der Waals surface area contributed by atoms with Crippen LogP contribution in [0.4, 0.5) is 0 Å². The predicted molar refractivity (Wildman–Crippen MR) is 46.6 cm³/mol. The Morgan fingerprint density at radius 2 is 2.42 bits per heavy atom. The first kappa shape index (κ1) is 9.26. The Kier molecular flexibility index (Phi) is 2.87. The van der Waals surface area contributed by atoms with Crippen molar-refractivity contribution in [2.45, 2.75) is 25.8 Å². The molecule has 0 aromatic heterocycles. The average Bonchev–Trinajstić information content (AvgIpc) is 2.49.